The number of pyridine rings is 1. The zero-order valence-corrected chi connectivity index (χ0v) is 16.7. The van der Waals surface area contributed by atoms with E-state index in [-0.39, 0.29) is 17.6 Å². The van der Waals surface area contributed by atoms with Crippen LogP contribution in [0.15, 0.2) is 24.5 Å². The molecule has 1 aliphatic carbocycles. The van der Waals surface area contributed by atoms with Gasteiger partial charge in [-0.1, -0.05) is 6.92 Å². The molecule has 0 saturated heterocycles. The van der Waals surface area contributed by atoms with Crippen LogP contribution in [0.1, 0.15) is 42.9 Å². The quantitative estimate of drug-likeness (QED) is 0.837. The molecule has 0 radical (unpaired) electrons. The number of carbonyl (C=O) groups excluding carboxylic acids is 2. The fourth-order valence-electron chi connectivity index (χ4n) is 3.75. The smallest absolute Gasteiger partial charge is 0.227 e. The topological polar surface area (TPSA) is 76.3 Å². The van der Waals surface area contributed by atoms with E-state index in [0.29, 0.717) is 49.8 Å². The number of anilines is 1. The molecule has 2 amide bonds. The van der Waals surface area contributed by atoms with E-state index in [4.69, 9.17) is 0 Å². The lowest BCUT2D eigenvalue weighted by Gasteiger charge is -2.27. The van der Waals surface area contributed by atoms with Crippen LogP contribution in [-0.4, -0.2) is 30.0 Å². The van der Waals surface area contributed by atoms with Gasteiger partial charge < -0.3 is 10.6 Å². The molecule has 0 bridgehead atoms. The van der Waals surface area contributed by atoms with Crippen LogP contribution in [0.3, 0.4) is 0 Å². The maximum absolute atomic E-state index is 14.8. The number of nitrogens with zero attached hydrogens (tertiary/aromatic N) is 2. The molecule has 2 aliphatic rings. The number of aromatic nitrogens is 1. The second-order valence-corrected chi connectivity index (χ2v) is 7.40. The van der Waals surface area contributed by atoms with Gasteiger partial charge >= 0.3 is 0 Å². The van der Waals surface area contributed by atoms with Crippen molar-refractivity contribution in [2.75, 3.05) is 11.9 Å². The Morgan fingerprint density at radius 2 is 1.93 bits per heavy atom. The highest BCUT2D eigenvalue weighted by Gasteiger charge is 2.26. The van der Waals surface area contributed by atoms with Crippen LogP contribution in [0.4, 0.5) is 14.5 Å². The number of amides is 2. The van der Waals surface area contributed by atoms with Crippen molar-refractivity contribution in [2.45, 2.75) is 51.6 Å². The van der Waals surface area contributed by atoms with E-state index in [1.807, 2.05) is 6.07 Å². The van der Waals surface area contributed by atoms with Crippen LogP contribution in [0.2, 0.25) is 0 Å². The van der Waals surface area contributed by atoms with Crippen molar-refractivity contribution in [1.82, 2.24) is 4.98 Å². The molecule has 0 spiro atoms. The third kappa shape index (κ3) is 4.44. The second-order valence-electron chi connectivity index (χ2n) is 7.40. The molecule has 7 heteroatoms. The van der Waals surface area contributed by atoms with Gasteiger partial charge in [-0.2, -0.15) is 0 Å². The van der Waals surface area contributed by atoms with Gasteiger partial charge in [0.2, 0.25) is 11.8 Å². The lowest BCUT2D eigenvalue weighted by molar-refractivity contribution is -0.119. The summed E-state index contributed by atoms with van der Waals surface area (Å²) in [6, 6.07) is 3.26. The lowest BCUT2D eigenvalue weighted by atomic mass is 9.86. The molecule has 154 valence electrons. The van der Waals surface area contributed by atoms with Crippen LogP contribution in [0, 0.1) is 5.82 Å². The van der Waals surface area contributed by atoms with Gasteiger partial charge in [-0.05, 0) is 48.1 Å². The van der Waals surface area contributed by atoms with Gasteiger partial charge in [-0.3, -0.25) is 14.6 Å². The fraction of sp³-hybridized carbons (Fsp3) is 0.409. The predicted octanol–water partition coefficient (Wildman–Crippen LogP) is 3.51. The van der Waals surface area contributed by atoms with Crippen molar-refractivity contribution in [3.8, 4) is 11.1 Å². The number of primary amides is 1. The standard InChI is InChI=1S/C19H18F2N2O.C3H7NO/c1-23-18-8-17(21)15(7-11(18)2-5-19(23)24)16-10-22-9-12-6-13(20)3-4-14(12)16;1-2-3(4)5/h7-10,13H,2-6H2,1H3;2H2,1H3,(H2,4,5)/t13-;/m1./s1. The summed E-state index contributed by atoms with van der Waals surface area (Å²) in [5, 5.41) is 0. The molecule has 0 unspecified atom stereocenters. The first-order chi connectivity index (χ1) is 13.8. The average molecular weight is 401 g/mol. The summed E-state index contributed by atoms with van der Waals surface area (Å²) in [6.45, 7) is 1.72. The highest BCUT2D eigenvalue weighted by atomic mass is 19.1. The first-order valence-corrected chi connectivity index (χ1v) is 9.79. The number of benzene rings is 1. The maximum Gasteiger partial charge on any atom is 0.227 e. The highest BCUT2D eigenvalue weighted by molar-refractivity contribution is 5.96. The molecule has 29 heavy (non-hydrogen) atoms. The van der Waals surface area contributed by atoms with E-state index in [9.17, 15) is 18.4 Å². The van der Waals surface area contributed by atoms with E-state index < -0.39 is 6.17 Å². The minimum atomic E-state index is -0.845. The van der Waals surface area contributed by atoms with Crippen molar-refractivity contribution < 1.29 is 18.4 Å². The number of hydrogen-bond acceptors (Lipinski definition) is 3. The Bertz CT molecular complexity index is 946. The average Bonchev–Trinajstić information content (AvgIpc) is 2.70. The first kappa shape index (κ1) is 20.9. The summed E-state index contributed by atoms with van der Waals surface area (Å²) >= 11 is 0. The molecule has 2 heterocycles. The van der Waals surface area contributed by atoms with E-state index >= 15 is 0 Å². The Balaban J connectivity index is 0.000000431. The molecule has 5 nitrogen and oxygen atoms in total. The monoisotopic (exact) mass is 401 g/mol. The van der Waals surface area contributed by atoms with E-state index in [2.05, 4.69) is 10.7 Å². The van der Waals surface area contributed by atoms with Gasteiger partial charge in [-0.15, -0.1) is 0 Å². The summed E-state index contributed by atoms with van der Waals surface area (Å²) in [5.74, 6) is -0.611. The SMILES string of the molecule is CCC(N)=O.CN1C(=O)CCc2cc(-c3cncc4c3CC[C@@H](F)C4)c(F)cc21. The molecule has 2 aromatic rings. The Labute approximate surface area is 168 Å². The van der Waals surface area contributed by atoms with Gasteiger partial charge in [0.25, 0.3) is 0 Å². The molecule has 2 N–H and O–H groups in total. The van der Waals surface area contributed by atoms with E-state index in [0.717, 1.165) is 22.3 Å². The molecule has 1 aliphatic heterocycles. The summed E-state index contributed by atoms with van der Waals surface area (Å²) < 4.78 is 28.4. The zero-order valence-electron chi connectivity index (χ0n) is 16.7. The fourth-order valence-corrected chi connectivity index (χ4v) is 3.75. The molecule has 0 fully saturated rings. The first-order valence-electron chi connectivity index (χ1n) is 9.79. The van der Waals surface area contributed by atoms with Crippen molar-refractivity contribution in [1.29, 1.82) is 0 Å². The van der Waals surface area contributed by atoms with Gasteiger partial charge in [0.15, 0.2) is 0 Å². The van der Waals surface area contributed by atoms with Gasteiger partial charge in [-0.25, -0.2) is 8.78 Å². The minimum Gasteiger partial charge on any atom is -0.370 e. The number of nitrogens with two attached hydrogens (primary N) is 1. The summed E-state index contributed by atoms with van der Waals surface area (Å²) in [6.07, 6.45) is 5.41. The van der Waals surface area contributed by atoms with Crippen LogP contribution in [0.25, 0.3) is 11.1 Å². The van der Waals surface area contributed by atoms with Gasteiger partial charge in [0.05, 0.1) is 0 Å². The number of hydrogen-bond donors (Lipinski definition) is 1. The summed E-state index contributed by atoms with van der Waals surface area (Å²) in [4.78, 5) is 27.1. The molecular weight excluding hydrogens is 376 g/mol. The van der Waals surface area contributed by atoms with Crippen LogP contribution in [0.5, 0.6) is 0 Å². The van der Waals surface area contributed by atoms with Crippen LogP contribution < -0.4 is 10.6 Å². The Morgan fingerprint density at radius 3 is 2.62 bits per heavy atom. The third-order valence-corrected chi connectivity index (χ3v) is 5.45. The van der Waals surface area contributed by atoms with E-state index in [1.54, 1.807) is 26.4 Å². The van der Waals surface area contributed by atoms with Crippen molar-refractivity contribution >= 4 is 17.5 Å². The number of aryl methyl sites for hydroxylation is 1. The number of halogens is 2. The van der Waals surface area contributed by atoms with Crippen LogP contribution >= 0.6 is 0 Å². The molecule has 1 atom stereocenters. The van der Waals surface area contributed by atoms with Crippen LogP contribution in [-0.2, 0) is 28.9 Å². The van der Waals surface area contributed by atoms with Crippen molar-refractivity contribution in [3.05, 3.63) is 47.0 Å². The number of rotatable bonds is 2. The third-order valence-electron chi connectivity index (χ3n) is 5.45. The second kappa shape index (κ2) is 8.68. The molecule has 1 aromatic carbocycles. The van der Waals surface area contributed by atoms with E-state index in [1.165, 1.54) is 11.0 Å². The minimum absolute atomic E-state index is 0.00222. The van der Waals surface area contributed by atoms with Crippen molar-refractivity contribution in [2.24, 2.45) is 5.73 Å². The molecule has 1 aromatic heterocycles. The molecule has 0 saturated carbocycles. The summed E-state index contributed by atoms with van der Waals surface area (Å²) in [5.41, 5.74) is 9.37. The highest BCUT2D eigenvalue weighted by Crippen LogP contribution is 2.37. The zero-order chi connectivity index (χ0) is 21.1. The normalized spacial score (nSPS) is 17.7. The molecular formula is C22H25F2N3O2. The number of alkyl halides is 1. The predicted molar refractivity (Wildman–Crippen MR) is 108 cm³/mol. The maximum atomic E-state index is 14.8. The molecule has 4 rings (SSSR count). The van der Waals surface area contributed by atoms with Gasteiger partial charge in [0, 0.05) is 55.5 Å². The number of fused-ring (bicyclic) bond motifs is 2. The Morgan fingerprint density at radius 1 is 1.21 bits per heavy atom. The van der Waals surface area contributed by atoms with Gasteiger partial charge in [0.1, 0.15) is 12.0 Å². The van der Waals surface area contributed by atoms with Crippen molar-refractivity contribution in [3.63, 3.8) is 0 Å². The lowest BCUT2D eigenvalue weighted by Crippen LogP contribution is -2.31. The number of carbonyl (C=O) groups is 2. The Hall–Kier alpha value is -2.83. The summed E-state index contributed by atoms with van der Waals surface area (Å²) in [7, 11) is 1.67. The largest absolute Gasteiger partial charge is 0.370 e. The Kier molecular flexibility index (Phi) is 6.25.